The predicted octanol–water partition coefficient (Wildman–Crippen LogP) is 4.03. The summed E-state index contributed by atoms with van der Waals surface area (Å²) in [5, 5.41) is 0. The van der Waals surface area contributed by atoms with Gasteiger partial charge in [-0.1, -0.05) is 31.2 Å². The van der Waals surface area contributed by atoms with E-state index < -0.39 is 11.6 Å². The van der Waals surface area contributed by atoms with Gasteiger partial charge in [0.2, 0.25) is 0 Å². The van der Waals surface area contributed by atoms with E-state index in [0.29, 0.717) is 5.56 Å². The molecule has 2 heteroatoms. The normalized spacial score (nSPS) is 13.4. The summed E-state index contributed by atoms with van der Waals surface area (Å²) in [7, 11) is 0. The Hall–Kier alpha value is -1.18. The first-order valence-electron chi connectivity index (χ1n) is 4.77. The molecular formula is C12H14F2. The second kappa shape index (κ2) is 4.89. The standard InChI is InChI=1S/C12H14F2/c1-3-6-9(4-2)10-7-5-8-11(13)12(10)14/h3,5-9H,4H2,1-2H3/b6-3-/t9-/m1/s1. The first kappa shape index (κ1) is 10.9. The number of rotatable bonds is 3. The molecule has 76 valence electrons. The molecule has 1 aromatic carbocycles. The number of benzene rings is 1. The Labute approximate surface area is 83.3 Å². The van der Waals surface area contributed by atoms with E-state index in [1.54, 1.807) is 12.1 Å². The summed E-state index contributed by atoms with van der Waals surface area (Å²) in [4.78, 5) is 0. The summed E-state index contributed by atoms with van der Waals surface area (Å²) in [5.74, 6) is -1.53. The van der Waals surface area contributed by atoms with Crippen molar-refractivity contribution in [3.05, 3.63) is 47.5 Å². The Morgan fingerprint density at radius 2 is 2.07 bits per heavy atom. The molecule has 0 aromatic heterocycles. The molecule has 0 N–H and O–H groups in total. The molecule has 14 heavy (non-hydrogen) atoms. The van der Waals surface area contributed by atoms with Gasteiger partial charge < -0.3 is 0 Å². The zero-order chi connectivity index (χ0) is 10.6. The molecule has 0 radical (unpaired) electrons. The van der Waals surface area contributed by atoms with Crippen molar-refractivity contribution in [3.63, 3.8) is 0 Å². The summed E-state index contributed by atoms with van der Waals surface area (Å²) >= 11 is 0. The maximum atomic E-state index is 13.4. The summed E-state index contributed by atoms with van der Waals surface area (Å²) in [6.45, 7) is 3.83. The third kappa shape index (κ3) is 2.19. The quantitative estimate of drug-likeness (QED) is 0.640. The Bertz CT molecular complexity index is 329. The van der Waals surface area contributed by atoms with Crippen LogP contribution in [0.4, 0.5) is 8.78 Å². The fourth-order valence-electron chi connectivity index (χ4n) is 1.50. The number of halogens is 2. The minimum atomic E-state index is -0.773. The van der Waals surface area contributed by atoms with Gasteiger partial charge in [-0.2, -0.15) is 0 Å². The van der Waals surface area contributed by atoms with Gasteiger partial charge in [0, 0.05) is 5.92 Å². The monoisotopic (exact) mass is 196 g/mol. The van der Waals surface area contributed by atoms with Crippen LogP contribution in [0.5, 0.6) is 0 Å². The van der Waals surface area contributed by atoms with Crippen molar-refractivity contribution in [2.45, 2.75) is 26.2 Å². The maximum absolute atomic E-state index is 13.4. The molecule has 0 fully saturated rings. The summed E-state index contributed by atoms with van der Waals surface area (Å²) in [6.07, 6.45) is 4.51. The van der Waals surface area contributed by atoms with Gasteiger partial charge in [-0.25, -0.2) is 8.78 Å². The van der Waals surface area contributed by atoms with E-state index in [2.05, 4.69) is 0 Å². The van der Waals surface area contributed by atoms with E-state index >= 15 is 0 Å². The van der Waals surface area contributed by atoms with Crippen molar-refractivity contribution in [1.82, 2.24) is 0 Å². The highest BCUT2D eigenvalue weighted by Crippen LogP contribution is 2.24. The van der Waals surface area contributed by atoms with Crippen LogP contribution in [0.15, 0.2) is 30.4 Å². The topological polar surface area (TPSA) is 0 Å². The molecule has 0 aliphatic rings. The van der Waals surface area contributed by atoms with E-state index in [1.165, 1.54) is 0 Å². The van der Waals surface area contributed by atoms with Gasteiger partial charge in [-0.15, -0.1) is 0 Å². The lowest BCUT2D eigenvalue weighted by atomic mass is 9.95. The minimum absolute atomic E-state index is 0.0318. The molecule has 0 saturated carbocycles. The van der Waals surface area contributed by atoms with Crippen molar-refractivity contribution in [1.29, 1.82) is 0 Å². The van der Waals surface area contributed by atoms with Crippen molar-refractivity contribution >= 4 is 0 Å². The van der Waals surface area contributed by atoms with E-state index in [9.17, 15) is 8.78 Å². The average molecular weight is 196 g/mol. The summed E-state index contributed by atoms with van der Waals surface area (Å²) in [6, 6.07) is 4.31. The van der Waals surface area contributed by atoms with Crippen LogP contribution in [0.25, 0.3) is 0 Å². The van der Waals surface area contributed by atoms with Gasteiger partial charge in [-0.05, 0) is 25.0 Å². The average Bonchev–Trinajstić information content (AvgIpc) is 2.19. The predicted molar refractivity (Wildman–Crippen MR) is 54.2 cm³/mol. The van der Waals surface area contributed by atoms with Crippen LogP contribution < -0.4 is 0 Å². The highest BCUT2D eigenvalue weighted by molar-refractivity contribution is 5.26. The Morgan fingerprint density at radius 3 is 2.64 bits per heavy atom. The molecule has 0 spiro atoms. The van der Waals surface area contributed by atoms with Crippen LogP contribution in [-0.2, 0) is 0 Å². The molecule has 1 atom stereocenters. The third-order valence-electron chi connectivity index (χ3n) is 2.25. The van der Waals surface area contributed by atoms with Gasteiger partial charge in [-0.3, -0.25) is 0 Å². The Balaban J connectivity index is 3.10. The van der Waals surface area contributed by atoms with Crippen molar-refractivity contribution in [2.24, 2.45) is 0 Å². The molecule has 0 heterocycles. The van der Waals surface area contributed by atoms with Crippen LogP contribution in [0, 0.1) is 11.6 Å². The van der Waals surface area contributed by atoms with Gasteiger partial charge in [0.15, 0.2) is 11.6 Å². The Morgan fingerprint density at radius 1 is 1.36 bits per heavy atom. The summed E-state index contributed by atoms with van der Waals surface area (Å²) < 4.78 is 26.3. The highest BCUT2D eigenvalue weighted by atomic mass is 19.2. The smallest absolute Gasteiger partial charge is 0.162 e. The molecule has 0 nitrogen and oxygen atoms in total. The molecular weight excluding hydrogens is 182 g/mol. The largest absolute Gasteiger partial charge is 0.204 e. The van der Waals surface area contributed by atoms with Gasteiger partial charge in [0.25, 0.3) is 0 Å². The second-order valence-electron chi connectivity index (χ2n) is 3.18. The lowest BCUT2D eigenvalue weighted by Crippen LogP contribution is -1.99. The van der Waals surface area contributed by atoms with Gasteiger partial charge in [0.1, 0.15) is 0 Å². The van der Waals surface area contributed by atoms with Crippen molar-refractivity contribution < 1.29 is 8.78 Å². The number of hydrogen-bond acceptors (Lipinski definition) is 0. The van der Waals surface area contributed by atoms with Crippen LogP contribution in [0.1, 0.15) is 31.7 Å². The van der Waals surface area contributed by atoms with Crippen molar-refractivity contribution in [3.8, 4) is 0 Å². The van der Waals surface area contributed by atoms with Crippen molar-refractivity contribution in [2.75, 3.05) is 0 Å². The highest BCUT2D eigenvalue weighted by Gasteiger charge is 2.13. The molecule has 0 unspecified atom stereocenters. The molecule has 0 bridgehead atoms. The molecule has 1 rings (SSSR count). The molecule has 0 saturated heterocycles. The third-order valence-corrected chi connectivity index (χ3v) is 2.25. The zero-order valence-electron chi connectivity index (χ0n) is 8.43. The molecule has 0 amide bonds. The van der Waals surface area contributed by atoms with Crippen LogP contribution >= 0.6 is 0 Å². The number of allylic oxidation sites excluding steroid dienone is 2. The SMILES string of the molecule is C/C=C\[C@@H](CC)c1cccc(F)c1F. The van der Waals surface area contributed by atoms with E-state index in [-0.39, 0.29) is 5.92 Å². The lowest BCUT2D eigenvalue weighted by molar-refractivity contribution is 0.493. The first-order chi connectivity index (χ1) is 6.70. The Kier molecular flexibility index (Phi) is 3.81. The zero-order valence-corrected chi connectivity index (χ0v) is 8.43. The first-order valence-corrected chi connectivity index (χ1v) is 4.77. The van der Waals surface area contributed by atoms with Crippen LogP contribution in [-0.4, -0.2) is 0 Å². The lowest BCUT2D eigenvalue weighted by Gasteiger charge is -2.11. The van der Waals surface area contributed by atoms with E-state index in [0.717, 1.165) is 12.5 Å². The fourth-order valence-corrected chi connectivity index (χ4v) is 1.50. The van der Waals surface area contributed by atoms with Crippen LogP contribution in [0.2, 0.25) is 0 Å². The van der Waals surface area contributed by atoms with E-state index in [4.69, 9.17) is 0 Å². The van der Waals surface area contributed by atoms with Gasteiger partial charge in [0.05, 0.1) is 0 Å². The maximum Gasteiger partial charge on any atom is 0.162 e. The minimum Gasteiger partial charge on any atom is -0.204 e. The molecule has 0 aliphatic carbocycles. The molecule has 0 aliphatic heterocycles. The summed E-state index contributed by atoms with van der Waals surface area (Å²) in [5.41, 5.74) is 0.436. The second-order valence-corrected chi connectivity index (χ2v) is 3.18. The van der Waals surface area contributed by atoms with E-state index in [1.807, 2.05) is 26.0 Å². The van der Waals surface area contributed by atoms with Gasteiger partial charge >= 0.3 is 0 Å². The number of hydrogen-bond donors (Lipinski definition) is 0. The van der Waals surface area contributed by atoms with Crippen LogP contribution in [0.3, 0.4) is 0 Å². The fraction of sp³-hybridized carbons (Fsp3) is 0.333. The molecule has 1 aromatic rings.